The molecule has 0 heterocycles. The Balaban J connectivity index is 2.82. The number of nitrogens with one attached hydrogen (secondary N) is 2. The molecule has 0 spiro atoms. The molecule has 6 nitrogen and oxygen atoms in total. The van der Waals surface area contributed by atoms with E-state index in [4.69, 9.17) is 5.73 Å². The van der Waals surface area contributed by atoms with E-state index >= 15 is 0 Å². The standard InChI is InChI=1S/C15H24N4O2/c1-9(2)17-14(20)10(3)18-13-7-6-11(8-12(13)16)15(21)19(4)5/h6-10,18H,16H2,1-5H3,(H,17,20). The lowest BCUT2D eigenvalue weighted by Gasteiger charge is -2.19. The molecule has 0 aliphatic rings. The highest BCUT2D eigenvalue weighted by Crippen LogP contribution is 2.21. The van der Waals surface area contributed by atoms with Crippen LogP contribution in [0.1, 0.15) is 31.1 Å². The molecule has 0 aromatic heterocycles. The van der Waals surface area contributed by atoms with Crippen molar-refractivity contribution >= 4 is 23.2 Å². The van der Waals surface area contributed by atoms with Crippen molar-refractivity contribution in [3.8, 4) is 0 Å². The fraction of sp³-hybridized carbons (Fsp3) is 0.467. The summed E-state index contributed by atoms with van der Waals surface area (Å²) in [6.45, 7) is 5.57. The molecule has 0 saturated carbocycles. The first-order chi connectivity index (χ1) is 9.72. The summed E-state index contributed by atoms with van der Waals surface area (Å²) < 4.78 is 0. The van der Waals surface area contributed by atoms with Crippen molar-refractivity contribution in [2.24, 2.45) is 0 Å². The van der Waals surface area contributed by atoms with Crippen LogP contribution in [0.3, 0.4) is 0 Å². The molecular formula is C15H24N4O2. The first-order valence-corrected chi connectivity index (χ1v) is 6.90. The molecule has 21 heavy (non-hydrogen) atoms. The SMILES string of the molecule is CC(C)NC(=O)C(C)Nc1ccc(C(=O)N(C)C)cc1N. The van der Waals surface area contributed by atoms with Crippen molar-refractivity contribution < 1.29 is 9.59 Å². The van der Waals surface area contributed by atoms with E-state index in [0.29, 0.717) is 16.9 Å². The lowest BCUT2D eigenvalue weighted by Crippen LogP contribution is -2.41. The zero-order valence-corrected chi connectivity index (χ0v) is 13.2. The highest BCUT2D eigenvalue weighted by molar-refractivity contribution is 5.96. The van der Waals surface area contributed by atoms with Crippen LogP contribution in [0.2, 0.25) is 0 Å². The molecule has 4 N–H and O–H groups in total. The topological polar surface area (TPSA) is 87.5 Å². The van der Waals surface area contributed by atoms with Gasteiger partial charge in [0.25, 0.3) is 5.91 Å². The van der Waals surface area contributed by atoms with Crippen LogP contribution >= 0.6 is 0 Å². The van der Waals surface area contributed by atoms with Crippen molar-refractivity contribution in [1.29, 1.82) is 0 Å². The number of anilines is 2. The third kappa shape index (κ3) is 4.66. The van der Waals surface area contributed by atoms with Crippen LogP contribution in [0, 0.1) is 0 Å². The number of carbonyl (C=O) groups is 2. The molecule has 0 radical (unpaired) electrons. The second kappa shape index (κ2) is 6.97. The second-order valence-electron chi connectivity index (χ2n) is 5.53. The minimum Gasteiger partial charge on any atom is -0.397 e. The Labute approximate surface area is 125 Å². The minimum atomic E-state index is -0.412. The number of carbonyl (C=O) groups excluding carboxylic acids is 2. The molecule has 1 unspecified atom stereocenters. The smallest absolute Gasteiger partial charge is 0.253 e. The number of nitrogens with zero attached hydrogens (tertiary/aromatic N) is 1. The fourth-order valence-electron chi connectivity index (χ4n) is 1.79. The third-order valence-electron chi connectivity index (χ3n) is 2.90. The van der Waals surface area contributed by atoms with Gasteiger partial charge < -0.3 is 21.3 Å². The number of amides is 2. The predicted molar refractivity (Wildman–Crippen MR) is 85.2 cm³/mol. The van der Waals surface area contributed by atoms with E-state index in [1.807, 2.05) is 13.8 Å². The van der Waals surface area contributed by atoms with Gasteiger partial charge in [-0.05, 0) is 39.0 Å². The Morgan fingerprint density at radius 2 is 1.81 bits per heavy atom. The van der Waals surface area contributed by atoms with Crippen molar-refractivity contribution in [2.45, 2.75) is 32.9 Å². The molecule has 116 valence electrons. The molecule has 0 aliphatic carbocycles. The number of nitrogens with two attached hydrogens (primary N) is 1. The molecule has 1 rings (SSSR count). The summed E-state index contributed by atoms with van der Waals surface area (Å²) >= 11 is 0. The maximum Gasteiger partial charge on any atom is 0.253 e. The van der Waals surface area contributed by atoms with Crippen LogP contribution in [0.15, 0.2) is 18.2 Å². The molecular weight excluding hydrogens is 268 g/mol. The Morgan fingerprint density at radius 1 is 1.19 bits per heavy atom. The summed E-state index contributed by atoms with van der Waals surface area (Å²) in [6.07, 6.45) is 0. The Hall–Kier alpha value is -2.24. The normalized spacial score (nSPS) is 11.9. The van der Waals surface area contributed by atoms with Gasteiger partial charge in [0, 0.05) is 25.7 Å². The molecule has 1 atom stereocenters. The summed E-state index contributed by atoms with van der Waals surface area (Å²) in [6, 6.07) is 4.68. The Kier molecular flexibility index (Phi) is 5.58. The fourth-order valence-corrected chi connectivity index (χ4v) is 1.79. The van der Waals surface area contributed by atoms with Gasteiger partial charge >= 0.3 is 0 Å². The van der Waals surface area contributed by atoms with E-state index in [1.54, 1.807) is 39.2 Å². The molecule has 0 saturated heterocycles. The van der Waals surface area contributed by atoms with Crippen molar-refractivity contribution in [1.82, 2.24) is 10.2 Å². The summed E-state index contributed by atoms with van der Waals surface area (Å²) in [5, 5.41) is 5.87. The highest BCUT2D eigenvalue weighted by Gasteiger charge is 2.15. The summed E-state index contributed by atoms with van der Waals surface area (Å²) in [7, 11) is 3.37. The van der Waals surface area contributed by atoms with E-state index in [2.05, 4.69) is 10.6 Å². The van der Waals surface area contributed by atoms with E-state index in [9.17, 15) is 9.59 Å². The maximum atomic E-state index is 11.9. The number of nitrogen functional groups attached to an aromatic ring is 1. The minimum absolute atomic E-state index is 0.0826. The lowest BCUT2D eigenvalue weighted by atomic mass is 10.1. The first kappa shape index (κ1) is 16.8. The van der Waals surface area contributed by atoms with Crippen molar-refractivity contribution in [3.05, 3.63) is 23.8 Å². The molecule has 1 aromatic carbocycles. The van der Waals surface area contributed by atoms with Crippen LogP contribution in [0.4, 0.5) is 11.4 Å². The molecule has 0 bridgehead atoms. The Bertz CT molecular complexity index is 526. The molecule has 6 heteroatoms. The number of hydrogen-bond donors (Lipinski definition) is 3. The monoisotopic (exact) mass is 292 g/mol. The zero-order chi connectivity index (χ0) is 16.2. The number of hydrogen-bond acceptors (Lipinski definition) is 4. The van der Waals surface area contributed by atoms with Gasteiger partial charge in [-0.2, -0.15) is 0 Å². The van der Waals surface area contributed by atoms with Gasteiger partial charge in [0.1, 0.15) is 6.04 Å². The number of benzene rings is 1. The average Bonchev–Trinajstić information content (AvgIpc) is 2.39. The lowest BCUT2D eigenvalue weighted by molar-refractivity contribution is -0.122. The first-order valence-electron chi connectivity index (χ1n) is 6.90. The molecule has 0 fully saturated rings. The van der Waals surface area contributed by atoms with Gasteiger partial charge in [0.15, 0.2) is 0 Å². The van der Waals surface area contributed by atoms with Crippen molar-refractivity contribution in [2.75, 3.05) is 25.1 Å². The van der Waals surface area contributed by atoms with Gasteiger partial charge in [-0.3, -0.25) is 9.59 Å². The highest BCUT2D eigenvalue weighted by atomic mass is 16.2. The van der Waals surface area contributed by atoms with Crippen molar-refractivity contribution in [3.63, 3.8) is 0 Å². The summed E-state index contributed by atoms with van der Waals surface area (Å²) in [4.78, 5) is 25.2. The quantitative estimate of drug-likeness (QED) is 0.714. The zero-order valence-electron chi connectivity index (χ0n) is 13.2. The van der Waals surface area contributed by atoms with Gasteiger partial charge in [0.2, 0.25) is 5.91 Å². The van der Waals surface area contributed by atoms with Crippen LogP contribution < -0.4 is 16.4 Å². The van der Waals surface area contributed by atoms with Crippen LogP contribution in [-0.4, -0.2) is 42.9 Å². The molecule has 1 aromatic rings. The van der Waals surface area contributed by atoms with Gasteiger partial charge in [-0.15, -0.1) is 0 Å². The van der Waals surface area contributed by atoms with Gasteiger partial charge in [0.05, 0.1) is 11.4 Å². The van der Waals surface area contributed by atoms with Gasteiger partial charge in [-0.25, -0.2) is 0 Å². The average molecular weight is 292 g/mol. The number of rotatable bonds is 5. The second-order valence-corrected chi connectivity index (χ2v) is 5.53. The molecule has 0 aliphatic heterocycles. The third-order valence-corrected chi connectivity index (χ3v) is 2.90. The van der Waals surface area contributed by atoms with Gasteiger partial charge in [-0.1, -0.05) is 0 Å². The van der Waals surface area contributed by atoms with E-state index < -0.39 is 6.04 Å². The van der Waals surface area contributed by atoms with E-state index in [0.717, 1.165) is 0 Å². The van der Waals surface area contributed by atoms with E-state index in [1.165, 1.54) is 4.90 Å². The van der Waals surface area contributed by atoms with Crippen LogP contribution in [0.25, 0.3) is 0 Å². The van der Waals surface area contributed by atoms with Crippen LogP contribution in [-0.2, 0) is 4.79 Å². The summed E-state index contributed by atoms with van der Waals surface area (Å²) in [5.74, 6) is -0.211. The van der Waals surface area contributed by atoms with E-state index in [-0.39, 0.29) is 17.9 Å². The largest absolute Gasteiger partial charge is 0.397 e. The van der Waals surface area contributed by atoms with Crippen LogP contribution in [0.5, 0.6) is 0 Å². The maximum absolute atomic E-state index is 11.9. The predicted octanol–water partition coefficient (Wildman–Crippen LogP) is 1.30. The molecule has 2 amide bonds. The Morgan fingerprint density at radius 3 is 2.29 bits per heavy atom. The summed E-state index contributed by atoms with van der Waals surface area (Å²) in [5.41, 5.74) is 7.53.